The van der Waals surface area contributed by atoms with Crippen molar-refractivity contribution in [3.8, 4) is 5.75 Å². The van der Waals surface area contributed by atoms with Crippen molar-refractivity contribution in [2.45, 2.75) is 44.3 Å². The van der Waals surface area contributed by atoms with Gasteiger partial charge < -0.3 is 14.6 Å². The summed E-state index contributed by atoms with van der Waals surface area (Å²) >= 11 is 1.69. The van der Waals surface area contributed by atoms with E-state index in [1.165, 1.54) is 12.1 Å². The van der Waals surface area contributed by atoms with Crippen LogP contribution in [0.2, 0.25) is 0 Å². The summed E-state index contributed by atoms with van der Waals surface area (Å²) in [6.45, 7) is 1.87. The number of ether oxygens (including phenoxy) is 2. The maximum absolute atomic E-state index is 13.1. The van der Waals surface area contributed by atoms with Crippen LogP contribution in [0.25, 0.3) is 0 Å². The second-order valence-electron chi connectivity index (χ2n) is 5.62. The van der Waals surface area contributed by atoms with Crippen LogP contribution in [-0.2, 0) is 9.53 Å². The summed E-state index contributed by atoms with van der Waals surface area (Å²) in [6, 6.07) is 3.73. The van der Waals surface area contributed by atoms with Gasteiger partial charge in [0.25, 0.3) is 0 Å². The van der Waals surface area contributed by atoms with Crippen molar-refractivity contribution >= 4 is 34.5 Å². The van der Waals surface area contributed by atoms with Crippen LogP contribution in [0.3, 0.4) is 0 Å². The first kappa shape index (κ1) is 17.9. The van der Waals surface area contributed by atoms with E-state index in [0.29, 0.717) is 0 Å². The highest BCUT2D eigenvalue weighted by molar-refractivity contribution is 14.1. The Kier molecular flexibility index (Phi) is 5.12. The summed E-state index contributed by atoms with van der Waals surface area (Å²) in [5, 5.41) is 8.37. The van der Waals surface area contributed by atoms with E-state index in [-0.39, 0.29) is 14.9 Å². The third kappa shape index (κ3) is 4.30. The van der Waals surface area contributed by atoms with E-state index >= 15 is 0 Å². The lowest BCUT2D eigenvalue weighted by Gasteiger charge is -2.24. The lowest BCUT2D eigenvalue weighted by molar-refractivity contribution is -0.211. The smallest absolute Gasteiger partial charge is 0.474 e. The molecule has 0 bridgehead atoms. The number of hydrogen-bond acceptors (Lipinski definition) is 4. The Hall–Kier alpha value is -1.45. The summed E-state index contributed by atoms with van der Waals surface area (Å²) in [5.74, 6) is -3.24. The van der Waals surface area contributed by atoms with Gasteiger partial charge in [-0.1, -0.05) is 0 Å². The lowest BCUT2D eigenvalue weighted by Crippen LogP contribution is -2.35. The molecule has 5 nitrogen and oxygen atoms in total. The van der Waals surface area contributed by atoms with Crippen molar-refractivity contribution in [1.29, 1.82) is 0 Å². The highest BCUT2D eigenvalue weighted by atomic mass is 127. The molecule has 1 aromatic rings. The predicted octanol–water partition coefficient (Wildman–Crippen LogP) is 3.84. The minimum Gasteiger partial charge on any atom is -0.474 e. The van der Waals surface area contributed by atoms with Gasteiger partial charge in [0, 0.05) is 0 Å². The Labute approximate surface area is 145 Å². The molecule has 1 saturated carbocycles. The molecule has 0 radical (unpaired) electrons. The molecule has 1 aliphatic rings. The average molecular weight is 440 g/mol. The highest BCUT2D eigenvalue weighted by Gasteiger charge is 2.43. The third-order valence-corrected chi connectivity index (χ3v) is 4.50. The second-order valence-corrected chi connectivity index (χ2v) is 6.78. The monoisotopic (exact) mass is 440 g/mol. The Balaban J connectivity index is 2.12. The number of carbonyl (C=O) groups is 2. The van der Waals surface area contributed by atoms with Crippen LogP contribution < -0.4 is 4.74 Å². The second kappa shape index (κ2) is 6.58. The molecule has 0 aromatic heterocycles. The van der Waals surface area contributed by atoms with E-state index < -0.39 is 23.6 Å². The molecule has 1 N–H and O–H groups in total. The molecular formula is C15H15F2IO5. The minimum absolute atomic E-state index is 0.189. The van der Waals surface area contributed by atoms with Crippen LogP contribution in [-0.4, -0.2) is 28.8 Å². The normalized spacial score (nSPS) is 16.9. The molecule has 2 rings (SSSR count). The molecule has 0 heterocycles. The number of hydrogen-bond donors (Lipinski definition) is 1. The molecule has 8 heteroatoms. The van der Waals surface area contributed by atoms with Crippen LogP contribution >= 0.6 is 22.6 Å². The quantitative estimate of drug-likeness (QED) is 0.557. The van der Waals surface area contributed by atoms with Crippen molar-refractivity contribution in [2.75, 3.05) is 0 Å². The van der Waals surface area contributed by atoms with Gasteiger partial charge in [-0.2, -0.15) is 8.78 Å². The summed E-state index contributed by atoms with van der Waals surface area (Å²) in [6.07, 6.45) is -0.750. The number of rotatable bonds is 5. The molecule has 0 unspecified atom stereocenters. The van der Waals surface area contributed by atoms with E-state index in [2.05, 4.69) is 4.74 Å². The zero-order valence-corrected chi connectivity index (χ0v) is 14.4. The molecule has 0 atom stereocenters. The van der Waals surface area contributed by atoms with Crippen molar-refractivity contribution in [3.05, 3.63) is 27.3 Å². The summed E-state index contributed by atoms with van der Waals surface area (Å²) < 4.78 is 36.0. The number of carboxylic acids is 1. The molecular weight excluding hydrogens is 425 g/mol. The van der Waals surface area contributed by atoms with Crippen molar-refractivity contribution in [2.24, 2.45) is 0 Å². The molecule has 1 fully saturated rings. The Bertz CT molecular complexity index is 626. The Morgan fingerprint density at radius 2 is 1.91 bits per heavy atom. The van der Waals surface area contributed by atoms with Gasteiger partial charge in [-0.25, -0.2) is 9.59 Å². The van der Waals surface area contributed by atoms with Gasteiger partial charge in [-0.05, 0) is 73.4 Å². The SMILES string of the molecule is CC1(OC(=O)c2ccc(OC(F)(F)C(=O)O)c(I)c2)CCCC1. The van der Waals surface area contributed by atoms with Gasteiger partial charge >= 0.3 is 18.0 Å². The molecule has 126 valence electrons. The molecule has 1 aromatic carbocycles. The first-order valence-corrected chi connectivity index (χ1v) is 8.04. The first-order valence-electron chi connectivity index (χ1n) is 6.96. The summed E-state index contributed by atoms with van der Waals surface area (Å²) in [7, 11) is 0. The fourth-order valence-electron chi connectivity index (χ4n) is 2.40. The number of esters is 1. The van der Waals surface area contributed by atoms with Crippen molar-refractivity contribution < 1.29 is 33.0 Å². The van der Waals surface area contributed by atoms with Crippen molar-refractivity contribution in [1.82, 2.24) is 0 Å². The number of carboxylic acid groups (broad SMARTS) is 1. The molecule has 0 spiro atoms. The number of aliphatic carboxylic acids is 1. The average Bonchev–Trinajstić information content (AvgIpc) is 2.87. The third-order valence-electron chi connectivity index (χ3n) is 3.66. The van der Waals surface area contributed by atoms with E-state index in [0.717, 1.165) is 31.7 Å². The largest absolute Gasteiger partial charge is 0.501 e. The van der Waals surface area contributed by atoms with Crippen LogP contribution in [0.1, 0.15) is 43.0 Å². The Morgan fingerprint density at radius 3 is 2.43 bits per heavy atom. The number of carbonyl (C=O) groups excluding carboxylic acids is 1. The standard InChI is InChI=1S/C15H15F2IO5/c1-14(6-2-3-7-14)23-12(19)9-4-5-11(10(18)8-9)22-15(16,17)13(20)21/h4-5,8H,2-3,6-7H2,1H3,(H,20,21). The van der Waals surface area contributed by atoms with Gasteiger partial charge in [0.1, 0.15) is 11.4 Å². The first-order chi connectivity index (χ1) is 10.6. The summed E-state index contributed by atoms with van der Waals surface area (Å²) in [5.41, 5.74) is -0.290. The van der Waals surface area contributed by atoms with Gasteiger partial charge in [-0.15, -0.1) is 0 Å². The fraction of sp³-hybridized carbons (Fsp3) is 0.467. The topological polar surface area (TPSA) is 72.8 Å². The number of halogens is 3. The molecule has 0 aliphatic heterocycles. The van der Waals surface area contributed by atoms with E-state index in [1.54, 1.807) is 22.6 Å². The van der Waals surface area contributed by atoms with E-state index in [9.17, 15) is 18.4 Å². The maximum Gasteiger partial charge on any atom is 0.501 e. The maximum atomic E-state index is 13.1. The van der Waals surface area contributed by atoms with Gasteiger partial charge in [0.15, 0.2) is 0 Å². The minimum atomic E-state index is -4.33. The van der Waals surface area contributed by atoms with Gasteiger partial charge in [-0.3, -0.25) is 0 Å². The van der Waals surface area contributed by atoms with E-state index in [1.807, 2.05) is 6.92 Å². The molecule has 1 aliphatic carbocycles. The predicted molar refractivity (Wildman–Crippen MR) is 84.7 cm³/mol. The zero-order valence-electron chi connectivity index (χ0n) is 12.3. The Morgan fingerprint density at radius 1 is 1.30 bits per heavy atom. The fourth-order valence-corrected chi connectivity index (χ4v) is 3.03. The van der Waals surface area contributed by atoms with Crippen molar-refractivity contribution in [3.63, 3.8) is 0 Å². The molecule has 23 heavy (non-hydrogen) atoms. The van der Waals surface area contributed by atoms with E-state index in [4.69, 9.17) is 9.84 Å². The lowest BCUT2D eigenvalue weighted by atomic mass is 10.1. The van der Waals surface area contributed by atoms with Crippen LogP contribution in [0, 0.1) is 3.57 Å². The zero-order chi connectivity index (χ0) is 17.3. The van der Waals surface area contributed by atoms with Gasteiger partial charge in [0.05, 0.1) is 9.13 Å². The van der Waals surface area contributed by atoms with Crippen LogP contribution in [0.15, 0.2) is 18.2 Å². The summed E-state index contributed by atoms with van der Waals surface area (Å²) in [4.78, 5) is 22.5. The van der Waals surface area contributed by atoms with Crippen LogP contribution in [0.5, 0.6) is 5.75 Å². The molecule has 0 saturated heterocycles. The highest BCUT2D eigenvalue weighted by Crippen LogP contribution is 2.34. The molecule has 0 amide bonds. The van der Waals surface area contributed by atoms with Crippen LogP contribution in [0.4, 0.5) is 8.78 Å². The number of alkyl halides is 2. The van der Waals surface area contributed by atoms with Gasteiger partial charge in [0.2, 0.25) is 0 Å². The number of benzene rings is 1.